The summed E-state index contributed by atoms with van der Waals surface area (Å²) in [4.78, 5) is 14.3. The molecule has 1 aliphatic rings. The fourth-order valence-electron chi connectivity index (χ4n) is 3.40. The van der Waals surface area contributed by atoms with Gasteiger partial charge in [-0.3, -0.25) is 4.79 Å². The highest BCUT2D eigenvalue weighted by atomic mass is 16.2. The summed E-state index contributed by atoms with van der Waals surface area (Å²) < 4.78 is 0. The average Bonchev–Trinajstić information content (AvgIpc) is 2.62. The van der Waals surface area contributed by atoms with Crippen LogP contribution in [0.3, 0.4) is 0 Å². The molecule has 1 N–H and O–H groups in total. The van der Waals surface area contributed by atoms with Crippen LogP contribution >= 0.6 is 0 Å². The van der Waals surface area contributed by atoms with E-state index in [0.717, 1.165) is 58.3 Å². The van der Waals surface area contributed by atoms with E-state index in [-0.39, 0.29) is 0 Å². The average molecular weight is 375 g/mol. The molecule has 1 rings (SSSR count). The van der Waals surface area contributed by atoms with Gasteiger partial charge >= 0.3 is 0 Å². The summed E-state index contributed by atoms with van der Waals surface area (Å²) in [7, 11) is 0. The van der Waals surface area contributed by atoms with Gasteiger partial charge in [0.05, 0.1) is 0 Å². The fourth-order valence-corrected chi connectivity index (χ4v) is 3.40. The molecule has 1 saturated heterocycles. The highest BCUT2D eigenvalue weighted by Gasteiger charge is 2.18. The van der Waals surface area contributed by atoms with Crippen LogP contribution in [0.4, 0.5) is 0 Å². The summed E-state index contributed by atoms with van der Waals surface area (Å²) in [6.45, 7) is 14.6. The van der Waals surface area contributed by atoms with Crippen LogP contribution in [0.15, 0.2) is 34.9 Å². The van der Waals surface area contributed by atoms with Gasteiger partial charge in [-0.25, -0.2) is 0 Å². The zero-order valence-corrected chi connectivity index (χ0v) is 18.4. The molecule has 0 aromatic rings. The van der Waals surface area contributed by atoms with E-state index in [0.29, 0.717) is 18.2 Å². The van der Waals surface area contributed by atoms with Crippen molar-refractivity contribution >= 4 is 5.91 Å². The largest absolute Gasteiger partial charge is 0.340 e. The molecule has 0 aromatic heterocycles. The van der Waals surface area contributed by atoms with Gasteiger partial charge in [0.15, 0.2) is 0 Å². The van der Waals surface area contributed by atoms with Gasteiger partial charge < -0.3 is 10.2 Å². The van der Waals surface area contributed by atoms with Crippen LogP contribution in [0.5, 0.6) is 0 Å². The van der Waals surface area contributed by atoms with Crippen molar-refractivity contribution in [3.63, 3.8) is 0 Å². The summed E-state index contributed by atoms with van der Waals surface area (Å²) in [5.74, 6) is 0.798. The van der Waals surface area contributed by atoms with Crippen LogP contribution in [0.25, 0.3) is 0 Å². The molecule has 0 aromatic carbocycles. The van der Waals surface area contributed by atoms with Crippen molar-refractivity contribution in [3.05, 3.63) is 34.9 Å². The summed E-state index contributed by atoms with van der Waals surface area (Å²) in [6.07, 6.45) is 14.6. The summed E-state index contributed by atoms with van der Waals surface area (Å²) in [6, 6.07) is 0. The normalized spacial score (nSPS) is 17.0. The molecule has 27 heavy (non-hydrogen) atoms. The predicted octanol–water partition coefficient (Wildman–Crippen LogP) is 5.64. The Morgan fingerprint density at radius 3 is 2.07 bits per heavy atom. The van der Waals surface area contributed by atoms with Gasteiger partial charge in [-0.2, -0.15) is 0 Å². The maximum Gasteiger partial charge on any atom is 0.222 e. The molecular formula is C24H42N2O. The molecule has 0 bridgehead atoms. The molecular weight excluding hydrogens is 332 g/mol. The first-order valence-electron chi connectivity index (χ1n) is 10.8. The molecule has 1 amide bonds. The lowest BCUT2D eigenvalue weighted by Gasteiger charge is -2.28. The zero-order valence-electron chi connectivity index (χ0n) is 18.4. The number of carbonyl (C=O) groups is 1. The van der Waals surface area contributed by atoms with E-state index in [1.165, 1.54) is 23.1 Å². The highest BCUT2D eigenvalue weighted by molar-refractivity contribution is 5.76. The Kier molecular flexibility index (Phi) is 12.1. The van der Waals surface area contributed by atoms with Gasteiger partial charge in [-0.05, 0) is 72.1 Å². The Balaban J connectivity index is 2.19. The van der Waals surface area contributed by atoms with Crippen molar-refractivity contribution in [1.82, 2.24) is 10.2 Å². The molecule has 1 atom stereocenters. The highest BCUT2D eigenvalue weighted by Crippen LogP contribution is 2.16. The third-order valence-electron chi connectivity index (χ3n) is 5.27. The summed E-state index contributed by atoms with van der Waals surface area (Å²) >= 11 is 0. The van der Waals surface area contributed by atoms with Gasteiger partial charge in [0.2, 0.25) is 5.91 Å². The van der Waals surface area contributed by atoms with Gasteiger partial charge in [-0.15, -0.1) is 0 Å². The molecule has 1 heterocycles. The molecule has 1 unspecified atom stereocenters. The van der Waals surface area contributed by atoms with Crippen LogP contribution in [-0.2, 0) is 4.79 Å². The minimum Gasteiger partial charge on any atom is -0.340 e. The maximum absolute atomic E-state index is 12.3. The quantitative estimate of drug-likeness (QED) is 0.474. The predicted molar refractivity (Wildman–Crippen MR) is 118 cm³/mol. The number of nitrogens with one attached hydrogen (secondary N) is 1. The monoisotopic (exact) mass is 374 g/mol. The van der Waals surface area contributed by atoms with Crippen molar-refractivity contribution < 1.29 is 4.79 Å². The molecule has 0 aliphatic carbocycles. The minimum absolute atomic E-state index is 0.332. The lowest BCUT2D eigenvalue weighted by Crippen LogP contribution is -2.46. The van der Waals surface area contributed by atoms with Crippen molar-refractivity contribution in [3.8, 4) is 0 Å². The lowest BCUT2D eigenvalue weighted by atomic mass is 9.99. The van der Waals surface area contributed by atoms with E-state index in [1.807, 2.05) is 4.90 Å². The second kappa shape index (κ2) is 13.8. The van der Waals surface area contributed by atoms with E-state index in [9.17, 15) is 4.79 Å². The lowest BCUT2D eigenvalue weighted by molar-refractivity contribution is -0.132. The standard InChI is InChI=1S/C24H42N2O/c1-20(2)9-6-10-21(3)11-7-12-22(4)13-8-14-23(5)19-24(27)26-17-15-25-16-18-26/h9,11,13,23,25H,6-8,10,12,14-19H2,1-5H3/b21-11+,22-13+. The van der Waals surface area contributed by atoms with Gasteiger partial charge in [0.1, 0.15) is 0 Å². The second-order valence-corrected chi connectivity index (χ2v) is 8.48. The summed E-state index contributed by atoms with van der Waals surface area (Å²) in [5, 5.41) is 3.30. The van der Waals surface area contributed by atoms with Crippen molar-refractivity contribution in [1.29, 1.82) is 0 Å². The molecule has 154 valence electrons. The van der Waals surface area contributed by atoms with Gasteiger partial charge in [0.25, 0.3) is 0 Å². The third kappa shape index (κ3) is 11.9. The third-order valence-corrected chi connectivity index (χ3v) is 5.27. The van der Waals surface area contributed by atoms with E-state index < -0.39 is 0 Å². The molecule has 1 aliphatic heterocycles. The summed E-state index contributed by atoms with van der Waals surface area (Å²) in [5.41, 5.74) is 4.38. The van der Waals surface area contributed by atoms with E-state index >= 15 is 0 Å². The Hall–Kier alpha value is -1.35. The maximum atomic E-state index is 12.3. The molecule has 3 heteroatoms. The Morgan fingerprint density at radius 1 is 0.926 bits per heavy atom. The number of amides is 1. The fraction of sp³-hybridized carbons (Fsp3) is 0.708. The number of carbonyl (C=O) groups excluding carboxylic acids is 1. The first-order valence-corrected chi connectivity index (χ1v) is 10.8. The molecule has 0 radical (unpaired) electrons. The SMILES string of the molecule is CC(C)=CCC/C(C)=C/CC/C(C)=C/CCC(C)CC(=O)N1CCNCC1. The van der Waals surface area contributed by atoms with Crippen LogP contribution in [0.2, 0.25) is 0 Å². The van der Waals surface area contributed by atoms with Crippen LogP contribution in [-0.4, -0.2) is 37.0 Å². The smallest absolute Gasteiger partial charge is 0.222 e. The minimum atomic E-state index is 0.332. The van der Waals surface area contributed by atoms with Crippen molar-refractivity contribution in [2.24, 2.45) is 5.92 Å². The number of allylic oxidation sites excluding steroid dienone is 6. The first-order chi connectivity index (χ1) is 12.9. The van der Waals surface area contributed by atoms with Crippen LogP contribution < -0.4 is 5.32 Å². The van der Waals surface area contributed by atoms with E-state index in [1.54, 1.807) is 0 Å². The van der Waals surface area contributed by atoms with E-state index in [4.69, 9.17) is 0 Å². The number of rotatable bonds is 11. The first kappa shape index (κ1) is 23.7. The number of hydrogen-bond donors (Lipinski definition) is 1. The number of nitrogens with zero attached hydrogens (tertiary/aromatic N) is 1. The topological polar surface area (TPSA) is 32.3 Å². The Labute approximate surface area is 168 Å². The second-order valence-electron chi connectivity index (χ2n) is 8.48. The van der Waals surface area contributed by atoms with E-state index in [2.05, 4.69) is 58.2 Å². The van der Waals surface area contributed by atoms with Crippen molar-refractivity contribution in [2.75, 3.05) is 26.2 Å². The molecule has 0 spiro atoms. The molecule has 1 fully saturated rings. The van der Waals surface area contributed by atoms with Gasteiger partial charge in [-0.1, -0.05) is 41.9 Å². The number of piperazine rings is 1. The van der Waals surface area contributed by atoms with Crippen LogP contribution in [0.1, 0.15) is 79.6 Å². The molecule has 3 nitrogen and oxygen atoms in total. The zero-order chi connectivity index (χ0) is 20.1. The van der Waals surface area contributed by atoms with Crippen LogP contribution in [0, 0.1) is 5.92 Å². The van der Waals surface area contributed by atoms with Crippen molar-refractivity contribution in [2.45, 2.75) is 79.6 Å². The van der Waals surface area contributed by atoms with Gasteiger partial charge in [0, 0.05) is 32.6 Å². The molecule has 0 saturated carbocycles. The number of hydrogen-bond acceptors (Lipinski definition) is 2. The Bertz CT molecular complexity index is 520. The Morgan fingerprint density at radius 2 is 1.48 bits per heavy atom.